The highest BCUT2D eigenvalue weighted by molar-refractivity contribution is 5.94. The zero-order chi connectivity index (χ0) is 17.6. The van der Waals surface area contributed by atoms with E-state index >= 15 is 0 Å². The third kappa shape index (κ3) is 3.87. The molecule has 7 heteroatoms. The average Bonchev–Trinajstić information content (AvgIpc) is 3.17. The van der Waals surface area contributed by atoms with Gasteiger partial charge in [-0.3, -0.25) is 4.79 Å². The van der Waals surface area contributed by atoms with E-state index in [0.29, 0.717) is 17.8 Å². The van der Waals surface area contributed by atoms with Crippen molar-refractivity contribution in [3.8, 4) is 18.0 Å². The molecule has 0 atom stereocenters. The summed E-state index contributed by atoms with van der Waals surface area (Å²) in [4.78, 5) is 14.3. The Bertz CT molecular complexity index is 900. The van der Waals surface area contributed by atoms with Crippen molar-refractivity contribution in [2.45, 2.75) is 6.54 Å². The Labute approximate surface area is 143 Å². The molecule has 0 N–H and O–H groups in total. The molecule has 25 heavy (non-hydrogen) atoms. The lowest BCUT2D eigenvalue weighted by Gasteiger charge is -2.20. The van der Waals surface area contributed by atoms with Crippen molar-refractivity contribution in [1.29, 1.82) is 0 Å². The summed E-state index contributed by atoms with van der Waals surface area (Å²) in [5.74, 6) is 1.93. The van der Waals surface area contributed by atoms with Crippen LogP contribution < -0.4 is 0 Å². The number of halogens is 1. The zero-order valence-electron chi connectivity index (χ0n) is 13.2. The minimum absolute atomic E-state index is 0.144. The number of hydrogen-bond donors (Lipinski definition) is 0. The van der Waals surface area contributed by atoms with Crippen molar-refractivity contribution < 1.29 is 9.18 Å². The molecule has 0 spiro atoms. The maximum absolute atomic E-state index is 13.0. The van der Waals surface area contributed by atoms with E-state index in [0.717, 1.165) is 5.56 Å². The van der Waals surface area contributed by atoms with E-state index in [1.165, 1.54) is 28.0 Å². The summed E-state index contributed by atoms with van der Waals surface area (Å²) in [6.45, 7) is 0.434. The summed E-state index contributed by atoms with van der Waals surface area (Å²) in [5, 5.41) is 11.0. The molecule has 0 fully saturated rings. The topological polar surface area (TPSA) is 63.9 Å². The SMILES string of the molecule is C#CCN(Cc1ccc(F)cc1)C(=O)c1cccc(-n2cnnn2)c1. The summed E-state index contributed by atoms with van der Waals surface area (Å²) in [6.07, 6.45) is 6.84. The van der Waals surface area contributed by atoms with Crippen LogP contribution >= 0.6 is 0 Å². The fourth-order valence-electron chi connectivity index (χ4n) is 2.36. The first-order valence-corrected chi connectivity index (χ1v) is 7.48. The van der Waals surface area contributed by atoms with Gasteiger partial charge in [0.15, 0.2) is 0 Å². The third-order valence-electron chi connectivity index (χ3n) is 3.56. The number of benzene rings is 2. The minimum atomic E-state index is -0.326. The van der Waals surface area contributed by atoms with Gasteiger partial charge < -0.3 is 4.90 Å². The molecule has 0 bridgehead atoms. The van der Waals surface area contributed by atoms with Crippen LogP contribution in [-0.4, -0.2) is 37.6 Å². The van der Waals surface area contributed by atoms with E-state index in [4.69, 9.17) is 6.42 Å². The van der Waals surface area contributed by atoms with Crippen LogP contribution in [0, 0.1) is 18.2 Å². The fourth-order valence-corrected chi connectivity index (χ4v) is 2.36. The molecule has 3 aromatic rings. The lowest BCUT2D eigenvalue weighted by molar-refractivity contribution is 0.0765. The summed E-state index contributed by atoms with van der Waals surface area (Å²) in [7, 11) is 0. The van der Waals surface area contributed by atoms with E-state index in [1.54, 1.807) is 36.4 Å². The van der Waals surface area contributed by atoms with Gasteiger partial charge in [0.25, 0.3) is 5.91 Å². The second kappa shape index (κ2) is 7.36. The predicted octanol–water partition coefficient (Wildman–Crippen LogP) is 2.08. The Balaban J connectivity index is 1.84. The van der Waals surface area contributed by atoms with Gasteiger partial charge in [0.05, 0.1) is 12.2 Å². The Hall–Kier alpha value is -3.53. The predicted molar refractivity (Wildman–Crippen MR) is 89.1 cm³/mol. The average molecular weight is 335 g/mol. The van der Waals surface area contributed by atoms with E-state index < -0.39 is 0 Å². The van der Waals surface area contributed by atoms with Crippen LogP contribution in [0.25, 0.3) is 5.69 Å². The molecule has 1 amide bonds. The van der Waals surface area contributed by atoms with Gasteiger partial charge >= 0.3 is 0 Å². The highest BCUT2D eigenvalue weighted by Gasteiger charge is 2.16. The highest BCUT2D eigenvalue weighted by Crippen LogP contribution is 2.14. The number of aromatic nitrogens is 4. The standard InChI is InChI=1S/C18H14FN5O/c1-2-10-23(12-14-6-8-16(19)9-7-14)18(25)15-4-3-5-17(11-15)24-13-20-21-22-24/h1,3-9,11,13H,10,12H2. The molecule has 6 nitrogen and oxygen atoms in total. The second-order valence-corrected chi connectivity index (χ2v) is 5.30. The summed E-state index contributed by atoms with van der Waals surface area (Å²) in [5.41, 5.74) is 1.92. The molecular weight excluding hydrogens is 321 g/mol. The van der Waals surface area contributed by atoms with Crippen LogP contribution in [0.4, 0.5) is 4.39 Å². The van der Waals surface area contributed by atoms with E-state index in [1.807, 2.05) is 0 Å². The van der Waals surface area contributed by atoms with Crippen molar-refractivity contribution in [2.75, 3.05) is 6.54 Å². The molecule has 0 aliphatic heterocycles. The largest absolute Gasteiger partial charge is 0.323 e. The zero-order valence-corrected chi connectivity index (χ0v) is 13.2. The van der Waals surface area contributed by atoms with Crippen molar-refractivity contribution >= 4 is 5.91 Å². The smallest absolute Gasteiger partial charge is 0.255 e. The maximum Gasteiger partial charge on any atom is 0.255 e. The van der Waals surface area contributed by atoms with Crippen LogP contribution in [0.1, 0.15) is 15.9 Å². The lowest BCUT2D eigenvalue weighted by atomic mass is 10.1. The molecular formula is C18H14FN5O. The summed E-state index contributed by atoms with van der Waals surface area (Å²) < 4.78 is 14.5. The monoisotopic (exact) mass is 335 g/mol. The van der Waals surface area contributed by atoms with Gasteiger partial charge in [0.2, 0.25) is 0 Å². The molecule has 3 rings (SSSR count). The van der Waals surface area contributed by atoms with E-state index in [-0.39, 0.29) is 18.3 Å². The van der Waals surface area contributed by atoms with Crippen molar-refractivity contribution in [2.24, 2.45) is 0 Å². The Morgan fingerprint density at radius 3 is 2.72 bits per heavy atom. The van der Waals surface area contributed by atoms with Gasteiger partial charge in [-0.15, -0.1) is 11.5 Å². The van der Waals surface area contributed by atoms with Gasteiger partial charge in [0, 0.05) is 12.1 Å². The van der Waals surface area contributed by atoms with Gasteiger partial charge in [-0.1, -0.05) is 24.1 Å². The number of nitrogens with zero attached hydrogens (tertiary/aromatic N) is 5. The van der Waals surface area contributed by atoms with Gasteiger partial charge in [0.1, 0.15) is 12.1 Å². The first-order chi connectivity index (χ1) is 12.2. The van der Waals surface area contributed by atoms with Crippen LogP contribution in [0.3, 0.4) is 0 Å². The van der Waals surface area contributed by atoms with Crippen LogP contribution in [-0.2, 0) is 6.54 Å². The molecule has 1 aromatic heterocycles. The molecule has 0 unspecified atom stereocenters. The lowest BCUT2D eigenvalue weighted by Crippen LogP contribution is -2.31. The summed E-state index contributed by atoms with van der Waals surface area (Å²) >= 11 is 0. The molecule has 1 heterocycles. The van der Waals surface area contributed by atoms with Crippen LogP contribution in [0.5, 0.6) is 0 Å². The fraction of sp³-hybridized carbons (Fsp3) is 0.111. The molecule has 124 valence electrons. The van der Waals surface area contributed by atoms with E-state index in [2.05, 4.69) is 21.4 Å². The molecule has 0 radical (unpaired) electrons. The number of carbonyl (C=O) groups is 1. The first kappa shape index (κ1) is 16.3. The van der Waals surface area contributed by atoms with E-state index in [9.17, 15) is 9.18 Å². The Kier molecular flexibility index (Phi) is 4.81. The van der Waals surface area contributed by atoms with Gasteiger partial charge in [-0.2, -0.15) is 0 Å². The molecule has 0 aliphatic carbocycles. The van der Waals surface area contributed by atoms with Crippen LogP contribution in [0.15, 0.2) is 54.9 Å². The number of terminal acetylenes is 1. The number of tetrazole rings is 1. The number of rotatable bonds is 5. The molecule has 0 saturated heterocycles. The molecule has 0 saturated carbocycles. The second-order valence-electron chi connectivity index (χ2n) is 5.30. The Morgan fingerprint density at radius 2 is 2.04 bits per heavy atom. The minimum Gasteiger partial charge on any atom is -0.323 e. The van der Waals surface area contributed by atoms with Crippen molar-refractivity contribution in [3.05, 3.63) is 71.8 Å². The van der Waals surface area contributed by atoms with Gasteiger partial charge in [-0.05, 0) is 46.3 Å². The van der Waals surface area contributed by atoms with Crippen molar-refractivity contribution in [3.63, 3.8) is 0 Å². The molecule has 2 aromatic carbocycles. The number of amides is 1. The quantitative estimate of drug-likeness (QED) is 0.670. The molecule has 0 aliphatic rings. The number of carbonyl (C=O) groups excluding carboxylic acids is 1. The highest BCUT2D eigenvalue weighted by atomic mass is 19.1. The number of hydrogen-bond acceptors (Lipinski definition) is 4. The third-order valence-corrected chi connectivity index (χ3v) is 3.56. The van der Waals surface area contributed by atoms with Crippen molar-refractivity contribution in [1.82, 2.24) is 25.1 Å². The summed E-state index contributed by atoms with van der Waals surface area (Å²) in [6, 6.07) is 12.9. The van der Waals surface area contributed by atoms with Crippen LogP contribution in [0.2, 0.25) is 0 Å². The maximum atomic E-state index is 13.0. The van der Waals surface area contributed by atoms with Gasteiger partial charge in [-0.25, -0.2) is 9.07 Å². The first-order valence-electron chi connectivity index (χ1n) is 7.48. The normalized spacial score (nSPS) is 10.2. The Morgan fingerprint density at radius 1 is 1.24 bits per heavy atom.